The zero-order valence-corrected chi connectivity index (χ0v) is 15.1. The monoisotopic (exact) mass is 395 g/mol. The van der Waals surface area contributed by atoms with Crippen LogP contribution in [0.15, 0.2) is 0 Å². The molecule has 0 aromatic rings. The molecule has 1 rings (SSSR count). The first-order valence-corrected chi connectivity index (χ1v) is 8.68. The SMILES string of the molecule is C.C.C.CCSCC(=O)O[C@@H]1CC(C(=O)OC)N(C(=O)OC(C)(C)C)C1. The zero-order chi connectivity index (χ0) is 17.6. The summed E-state index contributed by atoms with van der Waals surface area (Å²) in [5.41, 5.74) is -0.676. The fourth-order valence-electron chi connectivity index (χ4n) is 2.17. The molecule has 0 aromatic carbocycles. The van der Waals surface area contributed by atoms with Crippen molar-refractivity contribution in [2.24, 2.45) is 0 Å². The van der Waals surface area contributed by atoms with E-state index in [2.05, 4.69) is 0 Å². The van der Waals surface area contributed by atoms with Gasteiger partial charge in [-0.2, -0.15) is 11.8 Å². The van der Waals surface area contributed by atoms with Crippen molar-refractivity contribution < 1.29 is 28.6 Å². The first kappa shape index (κ1) is 29.3. The second-order valence-corrected chi connectivity index (χ2v) is 7.43. The van der Waals surface area contributed by atoms with E-state index in [1.165, 1.54) is 23.8 Å². The van der Waals surface area contributed by atoms with Gasteiger partial charge in [-0.3, -0.25) is 9.69 Å². The molecule has 7 nitrogen and oxygen atoms in total. The van der Waals surface area contributed by atoms with E-state index in [0.717, 1.165) is 5.75 Å². The Labute approximate surface area is 163 Å². The third kappa shape index (κ3) is 9.31. The van der Waals surface area contributed by atoms with E-state index in [4.69, 9.17) is 14.2 Å². The summed E-state index contributed by atoms with van der Waals surface area (Å²) in [6.45, 7) is 7.30. The number of carbonyl (C=O) groups excluding carboxylic acids is 3. The number of thioether (sulfide) groups is 1. The van der Waals surface area contributed by atoms with Gasteiger partial charge < -0.3 is 14.2 Å². The second kappa shape index (κ2) is 12.8. The standard InChI is InChI=1S/C15H25NO6S.3CH4/c1-6-23-9-12(17)21-10-7-11(13(18)20-5)16(8-10)14(19)22-15(2,3)4;;;/h10-11H,6-9H2,1-5H3;3*1H4/t10-,11?;;;/m1.../s1. The lowest BCUT2D eigenvalue weighted by Gasteiger charge is -2.27. The lowest BCUT2D eigenvalue weighted by atomic mass is 10.2. The van der Waals surface area contributed by atoms with Crippen molar-refractivity contribution in [3.63, 3.8) is 0 Å². The number of nitrogens with zero attached hydrogens (tertiary/aromatic N) is 1. The summed E-state index contributed by atoms with van der Waals surface area (Å²) in [6, 6.07) is -0.800. The van der Waals surface area contributed by atoms with Crippen LogP contribution in [0.25, 0.3) is 0 Å². The van der Waals surface area contributed by atoms with E-state index < -0.39 is 29.8 Å². The maximum atomic E-state index is 12.2. The highest BCUT2D eigenvalue weighted by atomic mass is 32.2. The van der Waals surface area contributed by atoms with Gasteiger partial charge in [0.2, 0.25) is 0 Å². The largest absolute Gasteiger partial charge is 0.467 e. The Morgan fingerprint density at radius 2 is 1.73 bits per heavy atom. The summed E-state index contributed by atoms with van der Waals surface area (Å²) in [5.74, 6) is 0.172. The topological polar surface area (TPSA) is 82.1 Å². The van der Waals surface area contributed by atoms with Gasteiger partial charge in [-0.25, -0.2) is 9.59 Å². The van der Waals surface area contributed by atoms with Crippen LogP contribution in [0.1, 0.15) is 56.4 Å². The molecule has 8 heteroatoms. The molecule has 1 aliphatic rings. The van der Waals surface area contributed by atoms with Crippen LogP contribution in [0.3, 0.4) is 0 Å². The van der Waals surface area contributed by atoms with E-state index in [-0.39, 0.29) is 47.0 Å². The van der Waals surface area contributed by atoms with Crippen molar-refractivity contribution in [2.75, 3.05) is 25.2 Å². The number of methoxy groups -OCH3 is 1. The lowest BCUT2D eigenvalue weighted by molar-refractivity contribution is -0.147. The summed E-state index contributed by atoms with van der Waals surface area (Å²) in [5, 5.41) is 0. The minimum absolute atomic E-state index is 0. The molecule has 1 heterocycles. The molecule has 0 spiro atoms. The molecule has 0 N–H and O–H groups in total. The molecule has 0 bridgehead atoms. The summed E-state index contributed by atoms with van der Waals surface area (Å²) in [4.78, 5) is 37.1. The highest BCUT2D eigenvalue weighted by Crippen LogP contribution is 2.24. The Morgan fingerprint density at radius 1 is 1.15 bits per heavy atom. The number of likely N-dealkylation sites (tertiary alicyclic amines) is 1. The predicted octanol–water partition coefficient (Wildman–Crippen LogP) is 3.74. The van der Waals surface area contributed by atoms with Crippen molar-refractivity contribution in [1.29, 1.82) is 0 Å². The highest BCUT2D eigenvalue weighted by molar-refractivity contribution is 7.99. The number of carbonyl (C=O) groups is 3. The molecule has 0 aliphatic carbocycles. The Kier molecular flexibility index (Phi) is 14.5. The Balaban J connectivity index is -0.00000176. The predicted molar refractivity (Wildman–Crippen MR) is 106 cm³/mol. The van der Waals surface area contributed by atoms with Gasteiger partial charge in [0, 0.05) is 6.42 Å². The number of amides is 1. The number of rotatable bonds is 5. The molecule has 0 saturated carbocycles. The van der Waals surface area contributed by atoms with Gasteiger partial charge in [-0.05, 0) is 26.5 Å². The first-order valence-electron chi connectivity index (χ1n) is 7.52. The maximum absolute atomic E-state index is 12.2. The molecular formula is C18H37NO6S. The van der Waals surface area contributed by atoms with Crippen LogP contribution in [0.4, 0.5) is 4.79 Å². The summed E-state index contributed by atoms with van der Waals surface area (Å²) in [6.07, 6.45) is -0.931. The first-order chi connectivity index (χ1) is 10.7. The summed E-state index contributed by atoms with van der Waals surface area (Å²) < 4.78 is 15.4. The molecule has 156 valence electrons. The molecule has 0 radical (unpaired) electrons. The van der Waals surface area contributed by atoms with Gasteiger partial charge in [-0.15, -0.1) is 0 Å². The van der Waals surface area contributed by atoms with E-state index >= 15 is 0 Å². The van der Waals surface area contributed by atoms with Gasteiger partial charge in [0.05, 0.1) is 19.4 Å². The van der Waals surface area contributed by atoms with Crippen molar-refractivity contribution in [1.82, 2.24) is 4.90 Å². The van der Waals surface area contributed by atoms with E-state index in [9.17, 15) is 14.4 Å². The Morgan fingerprint density at radius 3 is 2.19 bits per heavy atom. The van der Waals surface area contributed by atoms with Gasteiger partial charge in [0.15, 0.2) is 0 Å². The molecule has 26 heavy (non-hydrogen) atoms. The number of hydrogen-bond donors (Lipinski definition) is 0. The van der Waals surface area contributed by atoms with Crippen molar-refractivity contribution in [3.05, 3.63) is 0 Å². The number of ether oxygens (including phenoxy) is 3. The van der Waals surface area contributed by atoms with Crippen LogP contribution < -0.4 is 0 Å². The fourth-order valence-corrected chi connectivity index (χ4v) is 2.61. The third-order valence-corrected chi connectivity index (χ3v) is 3.93. The van der Waals surface area contributed by atoms with Crippen LogP contribution in [0.2, 0.25) is 0 Å². The smallest absolute Gasteiger partial charge is 0.411 e. The molecule has 1 unspecified atom stereocenters. The van der Waals surface area contributed by atoms with E-state index in [0.29, 0.717) is 0 Å². The average molecular weight is 396 g/mol. The van der Waals surface area contributed by atoms with Crippen molar-refractivity contribution in [2.45, 2.75) is 74.1 Å². The van der Waals surface area contributed by atoms with Crippen LogP contribution in [0.5, 0.6) is 0 Å². The third-order valence-electron chi connectivity index (χ3n) is 3.09. The molecule has 1 saturated heterocycles. The van der Waals surface area contributed by atoms with Gasteiger partial charge >= 0.3 is 18.0 Å². The van der Waals surface area contributed by atoms with Crippen LogP contribution in [-0.2, 0) is 23.8 Å². The molecular weight excluding hydrogens is 358 g/mol. The second-order valence-electron chi connectivity index (χ2n) is 6.16. The summed E-state index contributed by atoms with van der Waals surface area (Å²) in [7, 11) is 1.26. The molecule has 1 aliphatic heterocycles. The average Bonchev–Trinajstić information content (AvgIpc) is 2.86. The van der Waals surface area contributed by atoms with Gasteiger partial charge in [-0.1, -0.05) is 29.2 Å². The quantitative estimate of drug-likeness (QED) is 0.518. The Bertz CT molecular complexity index is 449. The normalized spacial score (nSPS) is 18.6. The van der Waals surface area contributed by atoms with Crippen molar-refractivity contribution in [3.8, 4) is 0 Å². The molecule has 2 atom stereocenters. The number of esters is 2. The van der Waals surface area contributed by atoms with Gasteiger partial charge in [0.1, 0.15) is 17.7 Å². The van der Waals surface area contributed by atoms with Crippen LogP contribution in [0, 0.1) is 0 Å². The highest BCUT2D eigenvalue weighted by Gasteiger charge is 2.43. The van der Waals surface area contributed by atoms with E-state index in [1.807, 2.05) is 6.92 Å². The fraction of sp³-hybridized carbons (Fsp3) is 0.833. The van der Waals surface area contributed by atoms with Crippen molar-refractivity contribution >= 4 is 29.8 Å². The molecule has 1 fully saturated rings. The lowest BCUT2D eigenvalue weighted by Crippen LogP contribution is -2.44. The molecule has 1 amide bonds. The minimum atomic E-state index is -0.800. The minimum Gasteiger partial charge on any atom is -0.467 e. The van der Waals surface area contributed by atoms with Gasteiger partial charge in [0.25, 0.3) is 0 Å². The Hall–Kier alpha value is -1.44. The van der Waals surface area contributed by atoms with Crippen LogP contribution >= 0.6 is 11.8 Å². The maximum Gasteiger partial charge on any atom is 0.411 e. The zero-order valence-electron chi connectivity index (χ0n) is 14.3. The molecule has 0 aromatic heterocycles. The van der Waals surface area contributed by atoms with Crippen LogP contribution in [-0.4, -0.2) is 65.8 Å². The van der Waals surface area contributed by atoms with E-state index in [1.54, 1.807) is 20.8 Å². The summed E-state index contributed by atoms with van der Waals surface area (Å²) >= 11 is 1.45. The number of hydrogen-bond acceptors (Lipinski definition) is 7.